The molecule has 1 aliphatic rings. The highest BCUT2D eigenvalue weighted by molar-refractivity contribution is 4.86. The minimum absolute atomic E-state index is 0.746. The van der Waals surface area contributed by atoms with Crippen molar-refractivity contribution in [2.75, 3.05) is 26.2 Å². The zero-order chi connectivity index (χ0) is 13.7. The van der Waals surface area contributed by atoms with Crippen molar-refractivity contribution < 1.29 is 0 Å². The van der Waals surface area contributed by atoms with Crippen molar-refractivity contribution in [3.63, 3.8) is 0 Å². The highest BCUT2D eigenvalue weighted by Crippen LogP contribution is 2.17. The summed E-state index contributed by atoms with van der Waals surface area (Å²) in [5, 5.41) is 11.7. The molecular weight excluding hydrogens is 238 g/mol. The van der Waals surface area contributed by atoms with E-state index in [0.29, 0.717) is 0 Å². The summed E-state index contributed by atoms with van der Waals surface area (Å²) in [5.74, 6) is 2.65. The molecule has 2 heterocycles. The Morgan fingerprint density at radius 2 is 2.11 bits per heavy atom. The molecule has 1 saturated heterocycles. The van der Waals surface area contributed by atoms with E-state index < -0.39 is 0 Å². The normalized spacial score (nSPS) is 18.3. The first-order valence-corrected chi connectivity index (χ1v) is 7.41. The van der Waals surface area contributed by atoms with E-state index in [-0.39, 0.29) is 0 Å². The lowest BCUT2D eigenvalue weighted by atomic mass is 9.96. The van der Waals surface area contributed by atoms with Crippen LogP contribution in [0.15, 0.2) is 6.33 Å². The molecule has 108 valence electrons. The third kappa shape index (κ3) is 4.58. The highest BCUT2D eigenvalue weighted by atomic mass is 15.3. The SMILES string of the molecule is CC(C)CNCC1CCN(Cc2nncn2C)CC1. The summed E-state index contributed by atoms with van der Waals surface area (Å²) in [6.45, 7) is 10.1. The molecule has 5 heteroatoms. The number of hydrogen-bond acceptors (Lipinski definition) is 4. The van der Waals surface area contributed by atoms with E-state index in [2.05, 4.69) is 34.3 Å². The maximum absolute atomic E-state index is 4.16. The van der Waals surface area contributed by atoms with E-state index in [1.807, 2.05) is 11.6 Å². The van der Waals surface area contributed by atoms with Gasteiger partial charge in [0.25, 0.3) is 0 Å². The summed E-state index contributed by atoms with van der Waals surface area (Å²) in [6, 6.07) is 0. The van der Waals surface area contributed by atoms with E-state index in [1.165, 1.54) is 32.5 Å². The average Bonchev–Trinajstić information content (AvgIpc) is 2.77. The van der Waals surface area contributed by atoms with Gasteiger partial charge < -0.3 is 9.88 Å². The fraction of sp³-hybridized carbons (Fsp3) is 0.857. The Balaban J connectivity index is 1.66. The smallest absolute Gasteiger partial charge is 0.146 e. The molecule has 5 nitrogen and oxygen atoms in total. The number of aromatic nitrogens is 3. The largest absolute Gasteiger partial charge is 0.320 e. The van der Waals surface area contributed by atoms with Gasteiger partial charge in [-0.05, 0) is 50.9 Å². The molecule has 0 aromatic carbocycles. The van der Waals surface area contributed by atoms with Crippen molar-refractivity contribution in [1.29, 1.82) is 0 Å². The maximum atomic E-state index is 4.16. The second-order valence-electron chi connectivity index (χ2n) is 6.13. The van der Waals surface area contributed by atoms with Crippen LogP contribution in [0, 0.1) is 11.8 Å². The van der Waals surface area contributed by atoms with Crippen molar-refractivity contribution in [2.45, 2.75) is 33.2 Å². The fourth-order valence-electron chi connectivity index (χ4n) is 2.58. The van der Waals surface area contributed by atoms with Gasteiger partial charge in [0.05, 0.1) is 6.54 Å². The fourth-order valence-corrected chi connectivity index (χ4v) is 2.58. The lowest BCUT2D eigenvalue weighted by Gasteiger charge is -2.31. The van der Waals surface area contributed by atoms with Crippen molar-refractivity contribution >= 4 is 0 Å². The summed E-state index contributed by atoms with van der Waals surface area (Å²) < 4.78 is 2.01. The van der Waals surface area contributed by atoms with Crippen LogP contribution in [-0.4, -0.2) is 45.8 Å². The molecule has 19 heavy (non-hydrogen) atoms. The molecule has 0 aliphatic carbocycles. The number of aryl methyl sites for hydroxylation is 1. The number of nitrogens with zero attached hydrogens (tertiary/aromatic N) is 4. The number of rotatable bonds is 6. The lowest BCUT2D eigenvalue weighted by Crippen LogP contribution is -2.38. The van der Waals surface area contributed by atoms with Crippen LogP contribution in [0.3, 0.4) is 0 Å². The van der Waals surface area contributed by atoms with Crippen molar-refractivity contribution in [3.05, 3.63) is 12.2 Å². The van der Waals surface area contributed by atoms with Crippen LogP contribution in [0.4, 0.5) is 0 Å². The van der Waals surface area contributed by atoms with Gasteiger partial charge in [0.2, 0.25) is 0 Å². The first-order chi connectivity index (χ1) is 9.15. The molecular formula is C14H27N5. The van der Waals surface area contributed by atoms with Gasteiger partial charge in [0, 0.05) is 7.05 Å². The number of piperidine rings is 1. The molecule has 2 rings (SSSR count). The zero-order valence-corrected chi connectivity index (χ0v) is 12.5. The second kappa shape index (κ2) is 7.01. The molecule has 0 unspecified atom stereocenters. The van der Waals surface area contributed by atoms with E-state index >= 15 is 0 Å². The van der Waals surface area contributed by atoms with Gasteiger partial charge in [0.15, 0.2) is 0 Å². The molecule has 1 aromatic heterocycles. The van der Waals surface area contributed by atoms with Crippen molar-refractivity contribution in [2.24, 2.45) is 18.9 Å². The minimum atomic E-state index is 0.746. The predicted octanol–water partition coefficient (Wildman–Crippen LogP) is 1.27. The van der Waals surface area contributed by atoms with Crippen molar-refractivity contribution in [3.8, 4) is 0 Å². The quantitative estimate of drug-likeness (QED) is 0.841. The van der Waals surface area contributed by atoms with Gasteiger partial charge in [-0.2, -0.15) is 0 Å². The third-order valence-electron chi connectivity index (χ3n) is 3.86. The molecule has 1 aliphatic heterocycles. The van der Waals surface area contributed by atoms with Gasteiger partial charge in [-0.15, -0.1) is 10.2 Å². The monoisotopic (exact) mass is 265 g/mol. The summed E-state index contributed by atoms with van der Waals surface area (Å²) in [4.78, 5) is 2.49. The topological polar surface area (TPSA) is 46.0 Å². The molecule has 0 saturated carbocycles. The number of nitrogens with one attached hydrogen (secondary N) is 1. The standard InChI is InChI=1S/C14H27N5/c1-12(2)8-15-9-13-4-6-19(7-5-13)10-14-17-16-11-18(14)3/h11-13,15H,4-10H2,1-3H3. The summed E-state index contributed by atoms with van der Waals surface area (Å²) in [5.41, 5.74) is 0. The average molecular weight is 265 g/mol. The third-order valence-corrected chi connectivity index (χ3v) is 3.86. The van der Waals surface area contributed by atoms with Crippen LogP contribution in [0.25, 0.3) is 0 Å². The minimum Gasteiger partial charge on any atom is -0.320 e. The molecule has 0 spiro atoms. The van der Waals surface area contributed by atoms with Crippen LogP contribution in [0.2, 0.25) is 0 Å². The number of hydrogen-bond donors (Lipinski definition) is 1. The molecule has 1 fully saturated rings. The van der Waals surface area contributed by atoms with Crippen LogP contribution in [0.1, 0.15) is 32.5 Å². The molecule has 0 bridgehead atoms. The van der Waals surface area contributed by atoms with Gasteiger partial charge in [-0.25, -0.2) is 0 Å². The molecule has 0 amide bonds. The van der Waals surface area contributed by atoms with Crippen LogP contribution < -0.4 is 5.32 Å². The Morgan fingerprint density at radius 1 is 1.37 bits per heavy atom. The van der Waals surface area contributed by atoms with Gasteiger partial charge in [-0.3, -0.25) is 4.90 Å². The molecule has 1 N–H and O–H groups in total. The van der Waals surface area contributed by atoms with Crippen molar-refractivity contribution in [1.82, 2.24) is 25.0 Å². The molecule has 1 aromatic rings. The predicted molar refractivity (Wildman–Crippen MR) is 76.7 cm³/mol. The summed E-state index contributed by atoms with van der Waals surface area (Å²) >= 11 is 0. The van der Waals surface area contributed by atoms with Gasteiger partial charge in [0.1, 0.15) is 12.2 Å². The summed E-state index contributed by atoms with van der Waals surface area (Å²) in [6.07, 6.45) is 4.36. The van der Waals surface area contributed by atoms with E-state index in [9.17, 15) is 0 Å². The van der Waals surface area contributed by atoms with Crippen LogP contribution in [-0.2, 0) is 13.6 Å². The highest BCUT2D eigenvalue weighted by Gasteiger charge is 2.20. The molecule has 0 atom stereocenters. The maximum Gasteiger partial charge on any atom is 0.146 e. The zero-order valence-electron chi connectivity index (χ0n) is 12.5. The van der Waals surface area contributed by atoms with E-state index in [0.717, 1.165) is 30.7 Å². The second-order valence-corrected chi connectivity index (χ2v) is 6.13. The van der Waals surface area contributed by atoms with Crippen LogP contribution >= 0.6 is 0 Å². The Kier molecular flexibility index (Phi) is 5.34. The van der Waals surface area contributed by atoms with E-state index in [1.54, 1.807) is 6.33 Å². The van der Waals surface area contributed by atoms with Gasteiger partial charge in [-0.1, -0.05) is 13.8 Å². The first kappa shape index (κ1) is 14.5. The van der Waals surface area contributed by atoms with Gasteiger partial charge >= 0.3 is 0 Å². The Bertz CT molecular complexity index is 366. The number of likely N-dealkylation sites (tertiary alicyclic amines) is 1. The molecule has 0 radical (unpaired) electrons. The Morgan fingerprint density at radius 3 is 2.68 bits per heavy atom. The Labute approximate surface area is 116 Å². The van der Waals surface area contributed by atoms with Crippen LogP contribution in [0.5, 0.6) is 0 Å². The van der Waals surface area contributed by atoms with E-state index in [4.69, 9.17) is 0 Å². The lowest BCUT2D eigenvalue weighted by molar-refractivity contribution is 0.170. The summed E-state index contributed by atoms with van der Waals surface area (Å²) in [7, 11) is 2.01. The first-order valence-electron chi connectivity index (χ1n) is 7.41. The Hall–Kier alpha value is -0.940.